The molecular weight excluding hydrogens is 264 g/mol. The van der Waals surface area contributed by atoms with Crippen molar-refractivity contribution >= 4 is 23.2 Å². The molecule has 0 aliphatic carbocycles. The molecule has 0 saturated heterocycles. The Labute approximate surface area is 116 Å². The van der Waals surface area contributed by atoms with Gasteiger partial charge in [0.05, 0.1) is 0 Å². The first kappa shape index (κ1) is 13.5. The predicted octanol–water partition coefficient (Wildman–Crippen LogP) is 2.97. The van der Waals surface area contributed by atoms with E-state index >= 15 is 0 Å². The van der Waals surface area contributed by atoms with Crippen LogP contribution in [0.1, 0.15) is 35.4 Å². The summed E-state index contributed by atoms with van der Waals surface area (Å²) in [6.45, 7) is 3.94. The lowest BCUT2D eigenvalue weighted by molar-refractivity contribution is 0.101. The van der Waals surface area contributed by atoms with E-state index in [1.165, 1.54) is 0 Å². The van der Waals surface area contributed by atoms with Crippen molar-refractivity contribution in [3.05, 3.63) is 40.4 Å². The third kappa shape index (κ3) is 3.32. The van der Waals surface area contributed by atoms with Gasteiger partial charge < -0.3 is 5.32 Å². The molecule has 0 unspecified atom stereocenters. The van der Waals surface area contributed by atoms with Gasteiger partial charge in [-0.3, -0.25) is 9.89 Å². The van der Waals surface area contributed by atoms with Crippen LogP contribution in [0.15, 0.2) is 18.2 Å². The maximum absolute atomic E-state index is 11.9. The van der Waals surface area contributed by atoms with Crippen molar-refractivity contribution in [1.82, 2.24) is 15.2 Å². The summed E-state index contributed by atoms with van der Waals surface area (Å²) in [5.41, 5.74) is 1.59. The smallest absolute Gasteiger partial charge is 0.295 e. The number of halogens is 1. The van der Waals surface area contributed by atoms with Crippen LogP contribution in [0.3, 0.4) is 0 Å². The van der Waals surface area contributed by atoms with Crippen LogP contribution in [-0.4, -0.2) is 21.1 Å². The Morgan fingerprint density at radius 2 is 2.26 bits per heavy atom. The standard InChI is InChI=1S/C13H15ClN4O/c1-3-4-11-16-12(18-17-11)13(19)15-9-6-5-8(2)10(14)7-9/h5-7H,3-4H2,1-2H3,(H,15,19)(H,16,17,18). The van der Waals surface area contributed by atoms with Crippen LogP contribution in [-0.2, 0) is 6.42 Å². The van der Waals surface area contributed by atoms with Crippen molar-refractivity contribution < 1.29 is 4.79 Å². The molecule has 1 aromatic carbocycles. The zero-order valence-electron chi connectivity index (χ0n) is 10.8. The maximum atomic E-state index is 11.9. The molecule has 1 heterocycles. The average Bonchev–Trinajstić information content (AvgIpc) is 2.83. The van der Waals surface area contributed by atoms with Crippen molar-refractivity contribution in [2.45, 2.75) is 26.7 Å². The summed E-state index contributed by atoms with van der Waals surface area (Å²) in [6, 6.07) is 5.34. The van der Waals surface area contributed by atoms with Gasteiger partial charge in [0, 0.05) is 17.1 Å². The molecule has 5 nitrogen and oxygen atoms in total. The molecule has 2 aromatic rings. The van der Waals surface area contributed by atoms with Gasteiger partial charge in [-0.05, 0) is 31.0 Å². The molecule has 0 spiro atoms. The number of amides is 1. The number of benzene rings is 1. The lowest BCUT2D eigenvalue weighted by Gasteiger charge is -2.04. The van der Waals surface area contributed by atoms with Crippen LogP contribution in [0.4, 0.5) is 5.69 Å². The number of aryl methyl sites for hydroxylation is 2. The fourth-order valence-corrected chi connectivity index (χ4v) is 1.78. The third-order valence-corrected chi connectivity index (χ3v) is 3.06. The van der Waals surface area contributed by atoms with E-state index in [9.17, 15) is 4.79 Å². The van der Waals surface area contributed by atoms with Gasteiger partial charge >= 0.3 is 0 Å². The van der Waals surface area contributed by atoms with Gasteiger partial charge in [0.1, 0.15) is 5.82 Å². The third-order valence-electron chi connectivity index (χ3n) is 2.65. The van der Waals surface area contributed by atoms with Crippen molar-refractivity contribution in [2.24, 2.45) is 0 Å². The number of H-pyrrole nitrogens is 1. The highest BCUT2D eigenvalue weighted by atomic mass is 35.5. The van der Waals surface area contributed by atoms with Gasteiger partial charge in [-0.25, -0.2) is 4.98 Å². The fraction of sp³-hybridized carbons (Fsp3) is 0.308. The summed E-state index contributed by atoms with van der Waals surface area (Å²) in [5, 5.41) is 9.96. The van der Waals surface area contributed by atoms with Gasteiger partial charge in [0.2, 0.25) is 5.82 Å². The van der Waals surface area contributed by atoms with E-state index < -0.39 is 0 Å². The van der Waals surface area contributed by atoms with Gasteiger partial charge in [-0.15, -0.1) is 5.10 Å². The second-order valence-electron chi connectivity index (χ2n) is 4.27. The van der Waals surface area contributed by atoms with Crippen LogP contribution < -0.4 is 5.32 Å². The van der Waals surface area contributed by atoms with Crippen molar-refractivity contribution in [2.75, 3.05) is 5.32 Å². The molecule has 6 heteroatoms. The van der Waals surface area contributed by atoms with Crippen LogP contribution in [0.25, 0.3) is 0 Å². The summed E-state index contributed by atoms with van der Waals surface area (Å²) in [5.74, 6) is 0.508. The van der Waals surface area contributed by atoms with Gasteiger partial charge in [0.15, 0.2) is 0 Å². The number of carbonyl (C=O) groups is 1. The zero-order chi connectivity index (χ0) is 13.8. The summed E-state index contributed by atoms with van der Waals surface area (Å²) in [6.07, 6.45) is 1.72. The van der Waals surface area contributed by atoms with Crippen LogP contribution in [0, 0.1) is 6.92 Å². The van der Waals surface area contributed by atoms with Crippen LogP contribution >= 0.6 is 11.6 Å². The Bertz CT molecular complexity index is 594. The first-order chi connectivity index (χ1) is 9.10. The minimum atomic E-state index is -0.349. The zero-order valence-corrected chi connectivity index (χ0v) is 11.6. The molecule has 0 saturated carbocycles. The fourth-order valence-electron chi connectivity index (χ4n) is 1.60. The number of nitrogens with one attached hydrogen (secondary N) is 2. The first-order valence-electron chi connectivity index (χ1n) is 6.09. The SMILES string of the molecule is CCCc1nc(C(=O)Nc2ccc(C)c(Cl)c2)n[nH]1. The number of aromatic nitrogens is 3. The number of rotatable bonds is 4. The van der Waals surface area contributed by atoms with Crippen molar-refractivity contribution in [1.29, 1.82) is 0 Å². The maximum Gasteiger partial charge on any atom is 0.295 e. The molecule has 2 N–H and O–H groups in total. The van der Waals surface area contributed by atoms with Crippen molar-refractivity contribution in [3.8, 4) is 0 Å². The minimum absolute atomic E-state index is 0.139. The molecule has 1 amide bonds. The molecule has 0 fully saturated rings. The molecule has 0 radical (unpaired) electrons. The number of hydrogen-bond acceptors (Lipinski definition) is 3. The molecule has 19 heavy (non-hydrogen) atoms. The van der Waals surface area contributed by atoms with Crippen LogP contribution in [0.5, 0.6) is 0 Å². The van der Waals surface area contributed by atoms with E-state index in [1.54, 1.807) is 12.1 Å². The number of aromatic amines is 1. The molecule has 100 valence electrons. The van der Waals surface area contributed by atoms with E-state index in [0.29, 0.717) is 10.7 Å². The van der Waals surface area contributed by atoms with E-state index in [4.69, 9.17) is 11.6 Å². The first-order valence-corrected chi connectivity index (χ1v) is 6.46. The summed E-state index contributed by atoms with van der Waals surface area (Å²) < 4.78 is 0. The molecule has 0 aliphatic heterocycles. The normalized spacial score (nSPS) is 10.5. The van der Waals surface area contributed by atoms with Gasteiger partial charge in [-0.1, -0.05) is 24.6 Å². The summed E-state index contributed by atoms with van der Waals surface area (Å²) in [4.78, 5) is 16.1. The Kier molecular flexibility index (Phi) is 4.16. The molecule has 1 aromatic heterocycles. The van der Waals surface area contributed by atoms with E-state index in [1.807, 2.05) is 19.9 Å². The largest absolute Gasteiger partial charge is 0.319 e. The number of nitrogens with zero attached hydrogens (tertiary/aromatic N) is 2. The topological polar surface area (TPSA) is 70.7 Å². The van der Waals surface area contributed by atoms with E-state index in [-0.39, 0.29) is 11.7 Å². The summed E-state index contributed by atoms with van der Waals surface area (Å²) >= 11 is 6.00. The molecular formula is C13H15ClN4O. The van der Waals surface area contributed by atoms with E-state index in [2.05, 4.69) is 20.5 Å². The van der Waals surface area contributed by atoms with E-state index in [0.717, 1.165) is 24.2 Å². The highest BCUT2D eigenvalue weighted by Crippen LogP contribution is 2.20. The second kappa shape index (κ2) is 5.84. The molecule has 0 atom stereocenters. The van der Waals surface area contributed by atoms with Gasteiger partial charge in [0.25, 0.3) is 5.91 Å². The Balaban J connectivity index is 2.09. The average molecular weight is 279 g/mol. The molecule has 0 aliphatic rings. The predicted molar refractivity (Wildman–Crippen MR) is 74.5 cm³/mol. The highest BCUT2D eigenvalue weighted by molar-refractivity contribution is 6.31. The lowest BCUT2D eigenvalue weighted by atomic mass is 10.2. The summed E-state index contributed by atoms with van der Waals surface area (Å²) in [7, 11) is 0. The lowest BCUT2D eigenvalue weighted by Crippen LogP contribution is -2.13. The Morgan fingerprint density at radius 3 is 2.95 bits per heavy atom. The second-order valence-corrected chi connectivity index (χ2v) is 4.68. The quantitative estimate of drug-likeness (QED) is 0.903. The minimum Gasteiger partial charge on any atom is -0.319 e. The van der Waals surface area contributed by atoms with Crippen LogP contribution in [0.2, 0.25) is 5.02 Å². The number of hydrogen-bond donors (Lipinski definition) is 2. The van der Waals surface area contributed by atoms with Crippen molar-refractivity contribution in [3.63, 3.8) is 0 Å². The Morgan fingerprint density at radius 1 is 1.47 bits per heavy atom. The number of anilines is 1. The molecule has 2 rings (SSSR count). The number of carbonyl (C=O) groups excluding carboxylic acids is 1. The Hall–Kier alpha value is -1.88. The molecule has 0 bridgehead atoms. The monoisotopic (exact) mass is 278 g/mol. The van der Waals surface area contributed by atoms with Gasteiger partial charge in [-0.2, -0.15) is 0 Å². The highest BCUT2D eigenvalue weighted by Gasteiger charge is 2.12.